The van der Waals surface area contributed by atoms with Crippen LogP contribution in [0.1, 0.15) is 29.8 Å². The average molecular weight is 401 g/mol. The minimum absolute atomic E-state index is 0.194. The molecule has 0 spiro atoms. The maximum absolute atomic E-state index is 11.4. The summed E-state index contributed by atoms with van der Waals surface area (Å²) in [5.74, 6) is -0.261. The molecule has 148 valence electrons. The van der Waals surface area contributed by atoms with Crippen molar-refractivity contribution in [3.63, 3.8) is 0 Å². The number of aliphatic hydroxyl groups is 1. The second-order valence-corrected chi connectivity index (χ2v) is 7.49. The summed E-state index contributed by atoms with van der Waals surface area (Å²) in [7, 11) is 1.39. The number of nitrogens with one attached hydrogen (secondary N) is 2. The Morgan fingerprint density at radius 2 is 2.07 bits per heavy atom. The number of ether oxygens (including phenoxy) is 1. The zero-order valence-electron chi connectivity index (χ0n) is 16.0. The Morgan fingerprint density at radius 3 is 2.82 bits per heavy atom. The molecule has 0 saturated carbocycles. The number of H-pyrrole nitrogens is 1. The van der Waals surface area contributed by atoms with Gasteiger partial charge in [0.1, 0.15) is 0 Å². The molecular weight excluding hydrogens is 376 g/mol. The molecule has 2 aromatic carbocycles. The van der Waals surface area contributed by atoms with E-state index in [0.717, 1.165) is 28.6 Å². The molecule has 0 aliphatic carbocycles. The molecule has 0 bridgehead atoms. The number of rotatable bonds is 8. The van der Waals surface area contributed by atoms with Crippen LogP contribution in [0.3, 0.4) is 0 Å². The van der Waals surface area contributed by atoms with Crippen molar-refractivity contribution in [3.05, 3.63) is 70.4 Å². The highest BCUT2D eigenvalue weighted by molar-refractivity contribution is 6.30. The van der Waals surface area contributed by atoms with E-state index >= 15 is 0 Å². The molecule has 3 N–H and O–H groups in total. The Morgan fingerprint density at radius 1 is 1.25 bits per heavy atom. The molecular formula is C22H25ClN2O3. The topological polar surface area (TPSA) is 74.3 Å². The van der Waals surface area contributed by atoms with Gasteiger partial charge in [-0.25, -0.2) is 0 Å². The molecule has 3 aromatic rings. The first-order chi connectivity index (χ1) is 13.4. The predicted molar refractivity (Wildman–Crippen MR) is 112 cm³/mol. The van der Waals surface area contributed by atoms with Crippen molar-refractivity contribution in [2.24, 2.45) is 0 Å². The van der Waals surface area contributed by atoms with Gasteiger partial charge in [-0.2, -0.15) is 0 Å². The van der Waals surface area contributed by atoms with Crippen LogP contribution in [-0.2, 0) is 22.4 Å². The molecule has 0 amide bonds. The fourth-order valence-corrected chi connectivity index (χ4v) is 3.46. The number of carbonyl (C=O) groups is 1. The van der Waals surface area contributed by atoms with Crippen molar-refractivity contribution in [1.29, 1.82) is 0 Å². The van der Waals surface area contributed by atoms with Crippen LogP contribution in [0.4, 0.5) is 0 Å². The van der Waals surface area contributed by atoms with Crippen molar-refractivity contribution < 1.29 is 14.6 Å². The lowest BCUT2D eigenvalue weighted by Crippen LogP contribution is -2.32. The SMILES string of the molecule is COC(=O)Cc1cc2cc(CC(C)NCC(O)c3cccc(Cl)c3)ccc2[nH]1. The van der Waals surface area contributed by atoms with Gasteiger partial charge in [-0.1, -0.05) is 29.8 Å². The van der Waals surface area contributed by atoms with E-state index in [2.05, 4.69) is 29.4 Å². The number of aliphatic hydroxyl groups excluding tert-OH is 1. The standard InChI is InChI=1S/C22H25ClN2O3/c1-14(24-13-21(26)16-4-3-5-18(23)10-16)8-15-6-7-20-17(9-15)11-19(25-20)12-22(27)28-2/h3-7,9-11,14,21,24-26H,8,12-13H2,1-2H3. The molecule has 28 heavy (non-hydrogen) atoms. The number of methoxy groups -OCH3 is 1. The van der Waals surface area contributed by atoms with Gasteiger partial charge in [0.15, 0.2) is 0 Å². The first kappa shape index (κ1) is 20.4. The summed E-state index contributed by atoms with van der Waals surface area (Å²) >= 11 is 5.98. The molecule has 0 fully saturated rings. The van der Waals surface area contributed by atoms with Gasteiger partial charge in [0.25, 0.3) is 0 Å². The zero-order chi connectivity index (χ0) is 20.1. The van der Waals surface area contributed by atoms with Gasteiger partial charge in [0.2, 0.25) is 0 Å². The van der Waals surface area contributed by atoms with Crippen molar-refractivity contribution >= 4 is 28.5 Å². The van der Waals surface area contributed by atoms with Gasteiger partial charge in [0.05, 0.1) is 19.6 Å². The van der Waals surface area contributed by atoms with E-state index in [1.807, 2.05) is 24.3 Å². The van der Waals surface area contributed by atoms with Crippen LogP contribution in [-0.4, -0.2) is 35.8 Å². The summed E-state index contributed by atoms with van der Waals surface area (Å²) in [6, 6.07) is 15.7. The number of halogens is 1. The number of benzene rings is 2. The van der Waals surface area contributed by atoms with E-state index in [0.29, 0.717) is 11.6 Å². The smallest absolute Gasteiger partial charge is 0.311 e. The Hall–Kier alpha value is -2.34. The number of fused-ring (bicyclic) bond motifs is 1. The number of carbonyl (C=O) groups excluding carboxylic acids is 1. The van der Waals surface area contributed by atoms with Gasteiger partial charge in [-0.05, 0) is 60.2 Å². The van der Waals surface area contributed by atoms with Crippen LogP contribution in [0, 0.1) is 0 Å². The fourth-order valence-electron chi connectivity index (χ4n) is 3.26. The van der Waals surface area contributed by atoms with E-state index in [1.54, 1.807) is 12.1 Å². The van der Waals surface area contributed by atoms with Gasteiger partial charge in [-0.3, -0.25) is 4.79 Å². The lowest BCUT2D eigenvalue weighted by molar-refractivity contribution is -0.139. The summed E-state index contributed by atoms with van der Waals surface area (Å²) in [5, 5.41) is 15.4. The van der Waals surface area contributed by atoms with Crippen molar-refractivity contribution in [2.45, 2.75) is 31.9 Å². The van der Waals surface area contributed by atoms with Crippen LogP contribution in [0.2, 0.25) is 5.02 Å². The highest BCUT2D eigenvalue weighted by Crippen LogP contribution is 2.20. The summed E-state index contributed by atoms with van der Waals surface area (Å²) in [6.45, 7) is 2.55. The number of esters is 1. The molecule has 2 unspecified atom stereocenters. The molecule has 5 nitrogen and oxygen atoms in total. The van der Waals surface area contributed by atoms with Crippen molar-refractivity contribution in [2.75, 3.05) is 13.7 Å². The first-order valence-electron chi connectivity index (χ1n) is 9.29. The number of aromatic nitrogens is 1. The lowest BCUT2D eigenvalue weighted by Gasteiger charge is -2.18. The molecule has 2 atom stereocenters. The van der Waals surface area contributed by atoms with Crippen LogP contribution < -0.4 is 5.32 Å². The Balaban J connectivity index is 1.58. The highest BCUT2D eigenvalue weighted by atomic mass is 35.5. The third-order valence-electron chi connectivity index (χ3n) is 4.74. The predicted octanol–water partition coefficient (Wildman–Crippen LogP) is 3.79. The summed E-state index contributed by atoms with van der Waals surface area (Å²) in [6.07, 6.45) is 0.462. The third-order valence-corrected chi connectivity index (χ3v) is 4.97. The zero-order valence-corrected chi connectivity index (χ0v) is 16.8. The molecule has 0 aliphatic heterocycles. The normalized spacial score (nSPS) is 13.4. The first-order valence-corrected chi connectivity index (χ1v) is 9.66. The summed E-state index contributed by atoms with van der Waals surface area (Å²) < 4.78 is 4.72. The van der Waals surface area contributed by atoms with Gasteiger partial charge in [0, 0.05) is 28.8 Å². The van der Waals surface area contributed by atoms with Crippen LogP contribution in [0.25, 0.3) is 10.9 Å². The largest absolute Gasteiger partial charge is 0.469 e. The van der Waals surface area contributed by atoms with Crippen LogP contribution in [0.5, 0.6) is 0 Å². The minimum Gasteiger partial charge on any atom is -0.469 e. The third kappa shape index (κ3) is 5.35. The van der Waals surface area contributed by atoms with E-state index in [1.165, 1.54) is 12.7 Å². The van der Waals surface area contributed by atoms with E-state index in [9.17, 15) is 9.90 Å². The fraction of sp³-hybridized carbons (Fsp3) is 0.318. The average Bonchev–Trinajstić information content (AvgIpc) is 3.07. The Kier molecular flexibility index (Phi) is 6.73. The summed E-state index contributed by atoms with van der Waals surface area (Å²) in [4.78, 5) is 14.7. The number of hydrogen-bond acceptors (Lipinski definition) is 4. The summed E-state index contributed by atoms with van der Waals surface area (Å²) in [5.41, 5.74) is 3.84. The second-order valence-electron chi connectivity index (χ2n) is 7.05. The van der Waals surface area contributed by atoms with Crippen LogP contribution in [0.15, 0.2) is 48.5 Å². The number of aromatic amines is 1. The second kappa shape index (κ2) is 9.24. The molecule has 1 heterocycles. The molecule has 3 rings (SSSR count). The van der Waals surface area contributed by atoms with Crippen molar-refractivity contribution in [1.82, 2.24) is 10.3 Å². The highest BCUT2D eigenvalue weighted by Gasteiger charge is 2.12. The monoisotopic (exact) mass is 400 g/mol. The molecule has 0 aliphatic rings. The Bertz CT molecular complexity index is 954. The Labute approximate surface area is 169 Å². The molecule has 0 radical (unpaired) electrons. The van der Waals surface area contributed by atoms with Gasteiger partial charge >= 0.3 is 5.97 Å². The molecule has 1 aromatic heterocycles. The lowest BCUT2D eigenvalue weighted by atomic mass is 10.0. The van der Waals surface area contributed by atoms with Crippen LogP contribution >= 0.6 is 11.6 Å². The van der Waals surface area contributed by atoms with Gasteiger partial charge < -0.3 is 20.1 Å². The van der Waals surface area contributed by atoms with E-state index < -0.39 is 6.10 Å². The van der Waals surface area contributed by atoms with E-state index in [4.69, 9.17) is 16.3 Å². The quantitative estimate of drug-likeness (QED) is 0.503. The maximum atomic E-state index is 11.4. The van der Waals surface area contributed by atoms with Gasteiger partial charge in [-0.15, -0.1) is 0 Å². The minimum atomic E-state index is -0.603. The number of hydrogen-bond donors (Lipinski definition) is 3. The maximum Gasteiger partial charge on any atom is 0.311 e. The van der Waals surface area contributed by atoms with E-state index in [-0.39, 0.29) is 18.4 Å². The molecule has 0 saturated heterocycles. The van der Waals surface area contributed by atoms with Crippen molar-refractivity contribution in [3.8, 4) is 0 Å². The molecule has 6 heteroatoms.